The average molecular weight is 395 g/mol. The Morgan fingerprint density at radius 3 is 2.71 bits per heavy atom. The number of benzene rings is 2. The van der Waals surface area contributed by atoms with Gasteiger partial charge in [-0.3, -0.25) is 14.2 Å². The molecule has 0 aliphatic carbocycles. The fourth-order valence-electron chi connectivity index (χ4n) is 2.78. The number of carbonyl (C=O) groups is 1. The van der Waals surface area contributed by atoms with E-state index in [1.54, 1.807) is 18.2 Å². The lowest BCUT2D eigenvalue weighted by Gasteiger charge is -2.07. The fraction of sp³-hybridized carbons (Fsp3) is 0.100. The van der Waals surface area contributed by atoms with Crippen LogP contribution < -0.4 is 5.56 Å². The van der Waals surface area contributed by atoms with E-state index in [1.807, 2.05) is 36.4 Å². The first kappa shape index (κ1) is 17.9. The van der Waals surface area contributed by atoms with Crippen molar-refractivity contribution >= 4 is 28.6 Å². The topological polar surface area (TPSA) is 79.0 Å². The Morgan fingerprint density at radius 1 is 1.11 bits per heavy atom. The van der Waals surface area contributed by atoms with Gasteiger partial charge in [-0.05, 0) is 23.8 Å². The Labute approximate surface area is 164 Å². The highest BCUT2D eigenvalue weighted by molar-refractivity contribution is 6.30. The van der Waals surface area contributed by atoms with Gasteiger partial charge in [-0.1, -0.05) is 48.0 Å². The van der Waals surface area contributed by atoms with Crippen molar-refractivity contribution in [1.82, 2.24) is 19.3 Å². The molecule has 0 bridgehead atoms. The summed E-state index contributed by atoms with van der Waals surface area (Å²) in [4.78, 5) is 29.1. The molecule has 0 aliphatic heterocycles. The zero-order chi connectivity index (χ0) is 19.5. The molecular formula is C20H15ClN4O3. The zero-order valence-electron chi connectivity index (χ0n) is 14.7. The van der Waals surface area contributed by atoms with Gasteiger partial charge >= 0.3 is 5.97 Å². The van der Waals surface area contributed by atoms with Crippen LogP contribution in [0.15, 0.2) is 71.9 Å². The largest absolute Gasteiger partial charge is 0.459 e. The van der Waals surface area contributed by atoms with Crippen LogP contribution in [0.2, 0.25) is 5.02 Å². The van der Waals surface area contributed by atoms with Crippen molar-refractivity contribution in [1.29, 1.82) is 0 Å². The molecule has 2 aromatic carbocycles. The molecule has 0 radical (unpaired) electrons. The van der Waals surface area contributed by atoms with E-state index in [2.05, 4.69) is 10.1 Å². The summed E-state index contributed by atoms with van der Waals surface area (Å²) in [6, 6.07) is 16.4. The van der Waals surface area contributed by atoms with E-state index in [0.29, 0.717) is 21.7 Å². The molecule has 0 fully saturated rings. The summed E-state index contributed by atoms with van der Waals surface area (Å²) in [5, 5.41) is 5.09. The Kier molecular flexibility index (Phi) is 4.90. The number of fused-ring (bicyclic) bond motifs is 1. The van der Waals surface area contributed by atoms with Crippen LogP contribution in [0, 0.1) is 0 Å². The molecule has 0 spiro atoms. The first-order valence-electron chi connectivity index (χ1n) is 8.50. The predicted molar refractivity (Wildman–Crippen MR) is 104 cm³/mol. The summed E-state index contributed by atoms with van der Waals surface area (Å²) in [7, 11) is 0. The van der Waals surface area contributed by atoms with Crippen molar-refractivity contribution in [2.75, 3.05) is 0 Å². The maximum absolute atomic E-state index is 12.7. The molecule has 0 aliphatic rings. The van der Waals surface area contributed by atoms with Gasteiger partial charge in [-0.25, -0.2) is 9.67 Å². The molecule has 0 saturated heterocycles. The summed E-state index contributed by atoms with van der Waals surface area (Å²) in [5.74, 6) is -0.519. The van der Waals surface area contributed by atoms with Crippen LogP contribution in [0.4, 0.5) is 0 Å². The van der Waals surface area contributed by atoms with E-state index < -0.39 is 5.97 Å². The SMILES string of the molecule is O=C(Cn1cnc2c(cnn2-c2cccc(Cl)c2)c1=O)OCc1ccccc1. The van der Waals surface area contributed by atoms with Gasteiger partial charge in [0, 0.05) is 5.02 Å². The van der Waals surface area contributed by atoms with Gasteiger partial charge in [0.05, 0.1) is 11.9 Å². The lowest BCUT2D eigenvalue weighted by molar-refractivity contribution is -0.145. The summed E-state index contributed by atoms with van der Waals surface area (Å²) >= 11 is 6.02. The average Bonchev–Trinajstić information content (AvgIpc) is 3.14. The highest BCUT2D eigenvalue weighted by Gasteiger charge is 2.14. The van der Waals surface area contributed by atoms with Crippen molar-refractivity contribution in [3.05, 3.63) is 88.1 Å². The summed E-state index contributed by atoms with van der Waals surface area (Å²) < 4.78 is 7.96. The van der Waals surface area contributed by atoms with Crippen LogP contribution >= 0.6 is 11.6 Å². The summed E-state index contributed by atoms with van der Waals surface area (Å²) in [6.45, 7) is -0.0756. The molecule has 0 saturated carbocycles. The number of ether oxygens (including phenoxy) is 1. The molecule has 0 amide bonds. The van der Waals surface area contributed by atoms with Gasteiger partial charge < -0.3 is 4.74 Å². The number of aromatic nitrogens is 4. The smallest absolute Gasteiger partial charge is 0.326 e. The van der Waals surface area contributed by atoms with Gasteiger partial charge in [0.1, 0.15) is 24.9 Å². The van der Waals surface area contributed by atoms with Crippen LogP contribution in [0.25, 0.3) is 16.7 Å². The van der Waals surface area contributed by atoms with Gasteiger partial charge in [-0.2, -0.15) is 5.10 Å². The maximum Gasteiger partial charge on any atom is 0.326 e. The molecule has 8 heteroatoms. The van der Waals surface area contributed by atoms with Crippen molar-refractivity contribution in [2.45, 2.75) is 13.2 Å². The second kappa shape index (κ2) is 7.66. The third-order valence-corrected chi connectivity index (χ3v) is 4.38. The van der Waals surface area contributed by atoms with Gasteiger partial charge in [0.25, 0.3) is 5.56 Å². The molecule has 0 atom stereocenters. The number of hydrogen-bond donors (Lipinski definition) is 0. The van der Waals surface area contributed by atoms with Crippen molar-refractivity contribution in [3.8, 4) is 5.69 Å². The monoisotopic (exact) mass is 394 g/mol. The number of hydrogen-bond acceptors (Lipinski definition) is 5. The summed E-state index contributed by atoms with van der Waals surface area (Å²) in [6.07, 6.45) is 2.74. The number of carbonyl (C=O) groups excluding carboxylic acids is 1. The first-order chi connectivity index (χ1) is 13.6. The number of halogens is 1. The van der Waals surface area contributed by atoms with E-state index in [9.17, 15) is 9.59 Å². The Morgan fingerprint density at radius 2 is 1.93 bits per heavy atom. The lowest BCUT2D eigenvalue weighted by atomic mass is 10.2. The fourth-order valence-corrected chi connectivity index (χ4v) is 2.97. The molecule has 4 rings (SSSR count). The Bertz CT molecular complexity index is 1200. The number of esters is 1. The highest BCUT2D eigenvalue weighted by atomic mass is 35.5. The molecule has 2 aromatic heterocycles. The minimum atomic E-state index is -0.519. The van der Waals surface area contributed by atoms with E-state index >= 15 is 0 Å². The lowest BCUT2D eigenvalue weighted by Crippen LogP contribution is -2.25. The first-order valence-corrected chi connectivity index (χ1v) is 8.88. The second-order valence-electron chi connectivity index (χ2n) is 6.10. The molecule has 2 heterocycles. The van der Waals surface area contributed by atoms with Crippen molar-refractivity contribution in [2.24, 2.45) is 0 Å². The van der Waals surface area contributed by atoms with Crippen LogP contribution in [0.5, 0.6) is 0 Å². The molecule has 0 unspecified atom stereocenters. The van der Waals surface area contributed by atoms with Crippen LogP contribution in [-0.2, 0) is 22.7 Å². The van der Waals surface area contributed by atoms with Gasteiger partial charge in [-0.15, -0.1) is 0 Å². The maximum atomic E-state index is 12.7. The van der Waals surface area contributed by atoms with Crippen molar-refractivity contribution < 1.29 is 9.53 Å². The predicted octanol–water partition coefficient (Wildman–Crippen LogP) is 2.98. The molecule has 0 N–H and O–H groups in total. The highest BCUT2D eigenvalue weighted by Crippen LogP contribution is 2.17. The quantitative estimate of drug-likeness (QED) is 0.486. The Hall–Kier alpha value is -3.45. The van der Waals surface area contributed by atoms with E-state index in [0.717, 1.165) is 5.56 Å². The molecule has 140 valence electrons. The van der Waals surface area contributed by atoms with E-state index in [1.165, 1.54) is 21.8 Å². The third kappa shape index (κ3) is 3.65. The van der Waals surface area contributed by atoms with Crippen LogP contribution in [0.3, 0.4) is 0 Å². The minimum absolute atomic E-state index is 0.150. The molecule has 7 nitrogen and oxygen atoms in total. The van der Waals surface area contributed by atoms with Crippen LogP contribution in [0.1, 0.15) is 5.56 Å². The summed E-state index contributed by atoms with van der Waals surface area (Å²) in [5.41, 5.74) is 1.59. The number of nitrogens with zero attached hydrogens (tertiary/aromatic N) is 4. The van der Waals surface area contributed by atoms with Gasteiger partial charge in [0.2, 0.25) is 0 Å². The van der Waals surface area contributed by atoms with Crippen LogP contribution in [-0.4, -0.2) is 25.3 Å². The molecular weight excluding hydrogens is 380 g/mol. The standard InChI is InChI=1S/C20H15ClN4O3/c21-15-7-4-8-16(9-15)25-19-17(10-23-25)20(27)24(13-22-19)11-18(26)28-12-14-5-2-1-3-6-14/h1-10,13H,11-12H2. The van der Waals surface area contributed by atoms with Gasteiger partial charge in [0.15, 0.2) is 5.65 Å². The second-order valence-corrected chi connectivity index (χ2v) is 6.53. The molecule has 4 aromatic rings. The van der Waals surface area contributed by atoms with E-state index in [-0.39, 0.29) is 18.7 Å². The molecule has 28 heavy (non-hydrogen) atoms. The normalized spacial score (nSPS) is 10.9. The number of rotatable bonds is 5. The zero-order valence-corrected chi connectivity index (χ0v) is 15.4. The Balaban J connectivity index is 1.55. The minimum Gasteiger partial charge on any atom is -0.459 e. The van der Waals surface area contributed by atoms with Crippen molar-refractivity contribution in [3.63, 3.8) is 0 Å². The van der Waals surface area contributed by atoms with E-state index in [4.69, 9.17) is 16.3 Å². The third-order valence-electron chi connectivity index (χ3n) is 4.15.